The molecule has 4 rings (SSSR count). The van der Waals surface area contributed by atoms with Crippen LogP contribution in [-0.2, 0) is 11.3 Å². The van der Waals surface area contributed by atoms with Gasteiger partial charge in [0.1, 0.15) is 24.7 Å². The van der Waals surface area contributed by atoms with Crippen LogP contribution < -0.4 is 18.9 Å². The number of amides is 1. The zero-order chi connectivity index (χ0) is 23.2. The second-order valence-electron chi connectivity index (χ2n) is 7.11. The second kappa shape index (κ2) is 10.5. The summed E-state index contributed by atoms with van der Waals surface area (Å²) in [5.74, 6) is 3.13. The molecule has 0 saturated heterocycles. The fourth-order valence-corrected chi connectivity index (χ4v) is 4.02. The number of aromatic nitrogens is 2. The minimum atomic E-state index is -0.0285. The third-order valence-corrected chi connectivity index (χ3v) is 5.88. The fraction of sp³-hybridized carbons (Fsp3) is 0.348. The molecule has 33 heavy (non-hydrogen) atoms. The number of benzene rings is 2. The normalized spacial score (nSPS) is 12.3. The molecular formula is C23H25N3O6S. The van der Waals surface area contributed by atoms with E-state index >= 15 is 0 Å². The summed E-state index contributed by atoms with van der Waals surface area (Å²) in [5.41, 5.74) is 1.63. The van der Waals surface area contributed by atoms with E-state index in [1.165, 1.54) is 11.8 Å². The van der Waals surface area contributed by atoms with Gasteiger partial charge in [0.15, 0.2) is 11.5 Å². The highest BCUT2D eigenvalue weighted by Crippen LogP contribution is 2.34. The lowest BCUT2D eigenvalue weighted by Gasteiger charge is -2.23. The molecule has 1 aromatic heterocycles. The molecule has 1 aliphatic heterocycles. The van der Waals surface area contributed by atoms with E-state index in [2.05, 4.69) is 10.2 Å². The summed E-state index contributed by atoms with van der Waals surface area (Å²) in [6.07, 6.45) is 0. The van der Waals surface area contributed by atoms with Gasteiger partial charge in [-0.2, -0.15) is 0 Å². The highest BCUT2D eigenvalue weighted by molar-refractivity contribution is 7.99. The van der Waals surface area contributed by atoms with Crippen molar-refractivity contribution in [2.75, 3.05) is 39.7 Å². The summed E-state index contributed by atoms with van der Waals surface area (Å²) in [7, 11) is 3.14. The maximum Gasteiger partial charge on any atom is 0.277 e. The Morgan fingerprint density at radius 2 is 1.88 bits per heavy atom. The predicted molar refractivity (Wildman–Crippen MR) is 122 cm³/mol. The molecule has 174 valence electrons. The zero-order valence-electron chi connectivity index (χ0n) is 18.7. The van der Waals surface area contributed by atoms with E-state index in [1.54, 1.807) is 37.3 Å². The van der Waals surface area contributed by atoms with E-state index in [0.717, 1.165) is 11.3 Å². The van der Waals surface area contributed by atoms with Crippen molar-refractivity contribution < 1.29 is 28.2 Å². The van der Waals surface area contributed by atoms with Crippen LogP contribution in [0.25, 0.3) is 11.5 Å². The van der Waals surface area contributed by atoms with Crippen molar-refractivity contribution in [3.05, 3.63) is 42.0 Å². The number of hydrogen-bond donors (Lipinski definition) is 0. The van der Waals surface area contributed by atoms with Gasteiger partial charge in [0.05, 0.1) is 25.5 Å². The molecular weight excluding hydrogens is 446 g/mol. The SMILES string of the molecule is CCN(Cc1ccc2c(c1)OCCO2)C(=O)CSc1nnc(-c2ccc(OC)cc2OC)o1. The number of fused-ring (bicyclic) bond motifs is 1. The summed E-state index contributed by atoms with van der Waals surface area (Å²) in [6.45, 7) is 4.07. The van der Waals surface area contributed by atoms with Gasteiger partial charge in [-0.15, -0.1) is 10.2 Å². The number of ether oxygens (including phenoxy) is 4. The van der Waals surface area contributed by atoms with Crippen molar-refractivity contribution >= 4 is 17.7 Å². The third-order valence-electron chi connectivity index (χ3n) is 5.08. The van der Waals surface area contributed by atoms with E-state index < -0.39 is 0 Å². The van der Waals surface area contributed by atoms with Gasteiger partial charge in [-0.05, 0) is 36.8 Å². The molecule has 0 spiro atoms. The molecule has 10 heteroatoms. The molecule has 0 N–H and O–H groups in total. The minimum absolute atomic E-state index is 0.0285. The lowest BCUT2D eigenvalue weighted by molar-refractivity contribution is -0.128. The quantitative estimate of drug-likeness (QED) is 0.433. The van der Waals surface area contributed by atoms with Crippen LogP contribution in [0.2, 0.25) is 0 Å². The maximum absolute atomic E-state index is 12.8. The molecule has 0 unspecified atom stereocenters. The van der Waals surface area contributed by atoms with Crippen molar-refractivity contribution in [3.8, 4) is 34.5 Å². The number of thioether (sulfide) groups is 1. The molecule has 1 aliphatic rings. The van der Waals surface area contributed by atoms with Crippen LogP contribution in [-0.4, -0.2) is 60.7 Å². The van der Waals surface area contributed by atoms with Crippen LogP contribution >= 0.6 is 11.8 Å². The monoisotopic (exact) mass is 471 g/mol. The second-order valence-corrected chi connectivity index (χ2v) is 8.04. The van der Waals surface area contributed by atoms with E-state index in [1.807, 2.05) is 25.1 Å². The first-order valence-corrected chi connectivity index (χ1v) is 11.4. The Labute approximate surface area is 196 Å². The lowest BCUT2D eigenvalue weighted by Crippen LogP contribution is -2.31. The molecule has 0 radical (unpaired) electrons. The predicted octanol–water partition coefficient (Wildman–Crippen LogP) is 3.67. The van der Waals surface area contributed by atoms with Crippen LogP contribution in [0, 0.1) is 0 Å². The van der Waals surface area contributed by atoms with E-state index in [0.29, 0.717) is 60.2 Å². The molecule has 0 saturated carbocycles. The molecule has 0 atom stereocenters. The molecule has 0 aliphatic carbocycles. The Hall–Kier alpha value is -3.40. The smallest absolute Gasteiger partial charge is 0.277 e. The van der Waals surface area contributed by atoms with Gasteiger partial charge < -0.3 is 28.3 Å². The number of methoxy groups -OCH3 is 2. The summed E-state index contributed by atoms with van der Waals surface area (Å²) >= 11 is 1.20. The Morgan fingerprint density at radius 1 is 1.06 bits per heavy atom. The van der Waals surface area contributed by atoms with Crippen LogP contribution in [0.5, 0.6) is 23.0 Å². The van der Waals surface area contributed by atoms with Gasteiger partial charge >= 0.3 is 0 Å². The average molecular weight is 472 g/mol. The van der Waals surface area contributed by atoms with Crippen LogP contribution in [0.15, 0.2) is 46.0 Å². The first-order valence-electron chi connectivity index (χ1n) is 10.5. The van der Waals surface area contributed by atoms with E-state index in [-0.39, 0.29) is 11.7 Å². The first kappa shape index (κ1) is 22.8. The van der Waals surface area contributed by atoms with Crippen molar-refractivity contribution in [3.63, 3.8) is 0 Å². The minimum Gasteiger partial charge on any atom is -0.497 e. The summed E-state index contributed by atoms with van der Waals surface area (Å²) < 4.78 is 27.6. The number of carbonyl (C=O) groups excluding carboxylic acids is 1. The number of nitrogens with zero attached hydrogens (tertiary/aromatic N) is 3. The van der Waals surface area contributed by atoms with Crippen molar-refractivity contribution in [2.45, 2.75) is 18.7 Å². The van der Waals surface area contributed by atoms with Crippen LogP contribution in [0.4, 0.5) is 0 Å². The largest absolute Gasteiger partial charge is 0.497 e. The highest BCUT2D eigenvalue weighted by atomic mass is 32.2. The molecule has 0 fully saturated rings. The van der Waals surface area contributed by atoms with Crippen LogP contribution in [0.3, 0.4) is 0 Å². The summed E-state index contributed by atoms with van der Waals surface area (Å²) in [6, 6.07) is 11.1. The van der Waals surface area contributed by atoms with Gasteiger partial charge in [-0.1, -0.05) is 17.8 Å². The van der Waals surface area contributed by atoms with E-state index in [4.69, 9.17) is 23.4 Å². The Bertz CT molecular complexity index is 1120. The van der Waals surface area contributed by atoms with Crippen molar-refractivity contribution in [2.24, 2.45) is 0 Å². The van der Waals surface area contributed by atoms with E-state index in [9.17, 15) is 4.79 Å². The molecule has 1 amide bonds. The van der Waals surface area contributed by atoms with Gasteiger partial charge in [-0.3, -0.25) is 4.79 Å². The molecule has 0 bridgehead atoms. The Balaban J connectivity index is 1.38. The third kappa shape index (κ3) is 5.33. The molecule has 2 aromatic carbocycles. The zero-order valence-corrected chi connectivity index (χ0v) is 19.5. The topological polar surface area (TPSA) is 96.2 Å². The Morgan fingerprint density at radius 3 is 2.64 bits per heavy atom. The highest BCUT2D eigenvalue weighted by Gasteiger charge is 2.19. The Kier molecular flexibility index (Phi) is 7.23. The number of hydrogen-bond acceptors (Lipinski definition) is 9. The molecule has 2 heterocycles. The number of rotatable bonds is 9. The summed E-state index contributed by atoms with van der Waals surface area (Å²) in [4.78, 5) is 14.6. The molecule has 9 nitrogen and oxygen atoms in total. The van der Waals surface area contributed by atoms with Crippen LogP contribution in [0.1, 0.15) is 12.5 Å². The van der Waals surface area contributed by atoms with Gasteiger partial charge in [-0.25, -0.2) is 0 Å². The average Bonchev–Trinajstić information content (AvgIpc) is 3.34. The standard InChI is InChI=1S/C23H25N3O6S/c1-4-26(13-15-5-8-18-20(11-15)31-10-9-30-18)21(27)14-33-23-25-24-22(32-23)17-7-6-16(28-2)12-19(17)29-3/h5-8,11-12H,4,9-10,13-14H2,1-3H3. The fourth-order valence-electron chi connectivity index (χ4n) is 3.35. The van der Waals surface area contributed by atoms with Crippen molar-refractivity contribution in [1.82, 2.24) is 15.1 Å². The van der Waals surface area contributed by atoms with Gasteiger partial charge in [0, 0.05) is 19.2 Å². The number of carbonyl (C=O) groups is 1. The van der Waals surface area contributed by atoms with Gasteiger partial charge in [0.2, 0.25) is 5.91 Å². The lowest BCUT2D eigenvalue weighted by atomic mass is 10.2. The summed E-state index contributed by atoms with van der Waals surface area (Å²) in [5, 5.41) is 8.46. The molecule has 3 aromatic rings. The maximum atomic E-state index is 12.8. The first-order chi connectivity index (χ1) is 16.1. The van der Waals surface area contributed by atoms with Crippen molar-refractivity contribution in [1.29, 1.82) is 0 Å². The van der Waals surface area contributed by atoms with Gasteiger partial charge in [0.25, 0.3) is 11.1 Å².